The van der Waals surface area contributed by atoms with E-state index in [1.807, 2.05) is 5.92 Å². The molecule has 0 aliphatic heterocycles. The van der Waals surface area contributed by atoms with Crippen molar-refractivity contribution in [3.05, 3.63) is 0 Å². The van der Waals surface area contributed by atoms with Crippen LogP contribution >= 0.6 is 0 Å². The van der Waals surface area contributed by atoms with Crippen LogP contribution in [0.4, 0.5) is 0 Å². The zero-order valence-electron chi connectivity index (χ0n) is 6.40. The lowest BCUT2D eigenvalue weighted by Gasteiger charge is -2.11. The third-order valence-corrected chi connectivity index (χ3v) is 1.44. The second-order valence-electron chi connectivity index (χ2n) is 2.40. The van der Waals surface area contributed by atoms with Crippen LogP contribution in [0.2, 0.25) is 0 Å². The SMILES string of the molecule is C#CC(O)C(O)CCCCO. The molecule has 0 saturated heterocycles. The van der Waals surface area contributed by atoms with Crippen LogP contribution in [0.3, 0.4) is 0 Å². The van der Waals surface area contributed by atoms with Gasteiger partial charge in [0.05, 0.1) is 6.10 Å². The fourth-order valence-electron chi connectivity index (χ4n) is 0.734. The zero-order valence-corrected chi connectivity index (χ0v) is 6.40. The maximum Gasteiger partial charge on any atom is 0.140 e. The molecule has 0 aromatic rings. The minimum absolute atomic E-state index is 0.110. The average molecular weight is 158 g/mol. The quantitative estimate of drug-likeness (QED) is 0.373. The number of aliphatic hydroxyl groups is 3. The van der Waals surface area contributed by atoms with Gasteiger partial charge in [-0.3, -0.25) is 0 Å². The molecule has 0 fully saturated rings. The van der Waals surface area contributed by atoms with E-state index in [9.17, 15) is 0 Å². The summed E-state index contributed by atoms with van der Waals surface area (Å²) in [6.07, 6.45) is 4.68. The van der Waals surface area contributed by atoms with E-state index in [1.165, 1.54) is 0 Å². The summed E-state index contributed by atoms with van der Waals surface area (Å²) in [6.45, 7) is 0.110. The smallest absolute Gasteiger partial charge is 0.140 e. The Bertz CT molecular complexity index is 128. The van der Waals surface area contributed by atoms with E-state index in [1.54, 1.807) is 0 Å². The molecule has 0 aromatic carbocycles. The fraction of sp³-hybridized carbons (Fsp3) is 0.750. The first kappa shape index (κ1) is 10.4. The zero-order chi connectivity index (χ0) is 8.69. The van der Waals surface area contributed by atoms with E-state index in [0.29, 0.717) is 19.3 Å². The van der Waals surface area contributed by atoms with Gasteiger partial charge >= 0.3 is 0 Å². The molecule has 0 rings (SSSR count). The summed E-state index contributed by atoms with van der Waals surface area (Å²) >= 11 is 0. The van der Waals surface area contributed by atoms with Gasteiger partial charge in [0.25, 0.3) is 0 Å². The molecule has 0 heterocycles. The van der Waals surface area contributed by atoms with Crippen LogP contribution in [-0.2, 0) is 0 Å². The third kappa shape index (κ3) is 4.79. The number of aliphatic hydroxyl groups excluding tert-OH is 3. The molecule has 2 unspecified atom stereocenters. The summed E-state index contributed by atoms with van der Waals surface area (Å²) in [7, 11) is 0. The van der Waals surface area contributed by atoms with Crippen molar-refractivity contribution in [1.82, 2.24) is 0 Å². The van der Waals surface area contributed by atoms with Crippen molar-refractivity contribution < 1.29 is 15.3 Å². The Labute approximate surface area is 66.7 Å². The molecular formula is C8H14O3. The predicted molar refractivity (Wildman–Crippen MR) is 41.8 cm³/mol. The Morgan fingerprint density at radius 1 is 1.27 bits per heavy atom. The van der Waals surface area contributed by atoms with Crippen molar-refractivity contribution in [2.45, 2.75) is 31.5 Å². The van der Waals surface area contributed by atoms with Crippen molar-refractivity contribution >= 4 is 0 Å². The standard InChI is InChI=1S/C8H14O3/c1-2-7(10)8(11)5-3-4-6-9/h1,7-11H,3-6H2. The molecule has 0 aliphatic carbocycles. The van der Waals surface area contributed by atoms with Crippen LogP contribution in [0.15, 0.2) is 0 Å². The molecule has 0 saturated carbocycles. The molecule has 2 atom stereocenters. The Balaban J connectivity index is 3.37. The van der Waals surface area contributed by atoms with Gasteiger partial charge in [0.1, 0.15) is 6.10 Å². The normalized spacial score (nSPS) is 15.5. The van der Waals surface area contributed by atoms with Gasteiger partial charge < -0.3 is 15.3 Å². The first-order valence-electron chi connectivity index (χ1n) is 3.65. The van der Waals surface area contributed by atoms with E-state index in [0.717, 1.165) is 0 Å². The number of hydrogen-bond acceptors (Lipinski definition) is 3. The maximum atomic E-state index is 9.07. The van der Waals surface area contributed by atoms with Gasteiger partial charge in [-0.05, 0) is 19.3 Å². The molecule has 64 valence electrons. The lowest BCUT2D eigenvalue weighted by molar-refractivity contribution is 0.0462. The molecule has 3 nitrogen and oxygen atoms in total. The summed E-state index contributed by atoms with van der Waals surface area (Å²) in [6, 6.07) is 0. The highest BCUT2D eigenvalue weighted by Crippen LogP contribution is 2.03. The molecule has 0 radical (unpaired) electrons. The van der Waals surface area contributed by atoms with Gasteiger partial charge in [0.2, 0.25) is 0 Å². The highest BCUT2D eigenvalue weighted by molar-refractivity contribution is 4.96. The monoisotopic (exact) mass is 158 g/mol. The van der Waals surface area contributed by atoms with E-state index in [-0.39, 0.29) is 6.61 Å². The molecule has 0 spiro atoms. The Morgan fingerprint density at radius 3 is 2.36 bits per heavy atom. The minimum atomic E-state index is -1.08. The van der Waals surface area contributed by atoms with Crippen molar-refractivity contribution in [3.63, 3.8) is 0 Å². The minimum Gasteiger partial charge on any atom is -0.396 e. The lowest BCUT2D eigenvalue weighted by atomic mass is 10.1. The van der Waals surface area contributed by atoms with Gasteiger partial charge in [0, 0.05) is 6.61 Å². The van der Waals surface area contributed by atoms with Crippen LogP contribution in [0.25, 0.3) is 0 Å². The average Bonchev–Trinajstić information content (AvgIpc) is 2.03. The predicted octanol–water partition coefficient (Wildman–Crippen LogP) is -0.496. The van der Waals surface area contributed by atoms with E-state index in [4.69, 9.17) is 21.7 Å². The lowest BCUT2D eigenvalue weighted by Crippen LogP contribution is -2.23. The van der Waals surface area contributed by atoms with Crippen LogP contribution in [0, 0.1) is 12.3 Å². The van der Waals surface area contributed by atoms with Gasteiger partial charge in [0.15, 0.2) is 0 Å². The van der Waals surface area contributed by atoms with Gasteiger partial charge in [-0.15, -0.1) is 6.42 Å². The summed E-state index contributed by atoms with van der Waals surface area (Å²) in [5.41, 5.74) is 0. The number of terminal acetylenes is 1. The molecule has 0 amide bonds. The van der Waals surface area contributed by atoms with Gasteiger partial charge in [-0.25, -0.2) is 0 Å². The van der Waals surface area contributed by atoms with Gasteiger partial charge in [-0.1, -0.05) is 5.92 Å². The van der Waals surface area contributed by atoms with E-state index >= 15 is 0 Å². The first-order chi connectivity index (χ1) is 5.22. The van der Waals surface area contributed by atoms with Crippen molar-refractivity contribution in [1.29, 1.82) is 0 Å². The first-order valence-corrected chi connectivity index (χ1v) is 3.65. The Kier molecular flexibility index (Phi) is 5.86. The molecule has 0 aromatic heterocycles. The van der Waals surface area contributed by atoms with Crippen molar-refractivity contribution in [3.8, 4) is 12.3 Å². The molecule has 3 heteroatoms. The Morgan fingerprint density at radius 2 is 1.91 bits per heavy atom. The van der Waals surface area contributed by atoms with E-state index < -0.39 is 12.2 Å². The van der Waals surface area contributed by atoms with Crippen molar-refractivity contribution in [2.24, 2.45) is 0 Å². The summed E-state index contributed by atoms with van der Waals surface area (Å²) in [5, 5.41) is 26.3. The second-order valence-corrected chi connectivity index (χ2v) is 2.40. The highest BCUT2D eigenvalue weighted by atomic mass is 16.3. The van der Waals surface area contributed by atoms with Crippen LogP contribution < -0.4 is 0 Å². The maximum absolute atomic E-state index is 9.07. The molecule has 11 heavy (non-hydrogen) atoms. The highest BCUT2D eigenvalue weighted by Gasteiger charge is 2.11. The number of unbranched alkanes of at least 4 members (excludes halogenated alkanes) is 1. The number of hydrogen-bond donors (Lipinski definition) is 3. The van der Waals surface area contributed by atoms with Crippen molar-refractivity contribution in [2.75, 3.05) is 6.61 Å². The van der Waals surface area contributed by atoms with Crippen LogP contribution in [0.1, 0.15) is 19.3 Å². The summed E-state index contributed by atoms with van der Waals surface area (Å²) < 4.78 is 0. The number of rotatable bonds is 5. The molecular weight excluding hydrogens is 144 g/mol. The Hall–Kier alpha value is -0.560. The summed E-state index contributed by atoms with van der Waals surface area (Å²) in [4.78, 5) is 0. The second kappa shape index (κ2) is 6.17. The van der Waals surface area contributed by atoms with Gasteiger partial charge in [-0.2, -0.15) is 0 Å². The van der Waals surface area contributed by atoms with E-state index in [2.05, 4.69) is 0 Å². The largest absolute Gasteiger partial charge is 0.396 e. The van der Waals surface area contributed by atoms with Crippen LogP contribution in [0.5, 0.6) is 0 Å². The molecule has 0 bridgehead atoms. The van der Waals surface area contributed by atoms with Crippen LogP contribution in [-0.4, -0.2) is 34.1 Å². The molecule has 0 aliphatic rings. The summed E-state index contributed by atoms with van der Waals surface area (Å²) in [5.74, 6) is 2.03. The fourth-order valence-corrected chi connectivity index (χ4v) is 0.734. The topological polar surface area (TPSA) is 60.7 Å². The third-order valence-electron chi connectivity index (χ3n) is 1.44. The molecule has 3 N–H and O–H groups in total.